The zero-order chi connectivity index (χ0) is 15.7. The number of nitrogens with two attached hydrogens (primary N) is 1. The van der Waals surface area contributed by atoms with Crippen LogP contribution in [0.1, 0.15) is 13.8 Å². The topological polar surface area (TPSA) is 134 Å². The summed E-state index contributed by atoms with van der Waals surface area (Å²) < 4.78 is 0. The van der Waals surface area contributed by atoms with Crippen LogP contribution < -0.4 is 5.73 Å². The molecule has 1 heterocycles. The molecule has 7 nitrogen and oxygen atoms in total. The number of hydrogen-bond acceptors (Lipinski definition) is 5. The number of nitrogen functional groups attached to an aromatic ring is 1. The van der Waals surface area contributed by atoms with Crippen LogP contribution in [0.15, 0.2) is 30.5 Å². The van der Waals surface area contributed by atoms with Crippen LogP contribution in [0.25, 0.3) is 10.9 Å². The summed E-state index contributed by atoms with van der Waals surface area (Å²) in [6.45, 7) is 2.17. The number of rotatable bonds is 0. The van der Waals surface area contributed by atoms with E-state index in [1.807, 2.05) is 6.07 Å². The SMILES string of the molecule is CC(=O)O.CC(=O)O.Nc1ccc(O)c2ncccc12. The molecule has 0 atom stereocenters. The summed E-state index contributed by atoms with van der Waals surface area (Å²) in [5, 5.41) is 25.0. The molecule has 0 saturated heterocycles. The van der Waals surface area contributed by atoms with Crippen molar-refractivity contribution < 1.29 is 24.9 Å². The standard InChI is InChI=1S/C9H8N2O.2C2H4O2/c10-7-3-4-8(12)9-6(7)2-1-5-11-9;2*1-2(3)4/h1-5,12H,10H2;2*1H3,(H,3,4). The van der Waals surface area contributed by atoms with Gasteiger partial charge in [0.2, 0.25) is 0 Å². The highest BCUT2D eigenvalue weighted by Crippen LogP contribution is 2.26. The summed E-state index contributed by atoms with van der Waals surface area (Å²) >= 11 is 0. The molecule has 20 heavy (non-hydrogen) atoms. The van der Waals surface area contributed by atoms with Crippen LogP contribution >= 0.6 is 0 Å². The Bertz CT molecular complexity index is 538. The van der Waals surface area contributed by atoms with Crippen LogP contribution in [0.4, 0.5) is 5.69 Å². The van der Waals surface area contributed by atoms with Crippen LogP contribution in [0, 0.1) is 0 Å². The molecule has 0 aliphatic heterocycles. The van der Waals surface area contributed by atoms with Gasteiger partial charge in [-0.1, -0.05) is 0 Å². The number of carboxylic acids is 2. The van der Waals surface area contributed by atoms with E-state index in [2.05, 4.69) is 4.98 Å². The number of nitrogens with zero attached hydrogens (tertiary/aromatic N) is 1. The number of aromatic nitrogens is 1. The normalized spacial score (nSPS) is 8.70. The molecule has 1 aromatic carbocycles. The molecule has 5 N–H and O–H groups in total. The van der Waals surface area contributed by atoms with Gasteiger partial charge in [-0.25, -0.2) is 0 Å². The minimum atomic E-state index is -0.833. The van der Waals surface area contributed by atoms with Gasteiger partial charge in [0, 0.05) is 31.1 Å². The molecule has 0 fully saturated rings. The number of phenols is 1. The lowest BCUT2D eigenvalue weighted by Gasteiger charge is -2.01. The molecule has 0 aliphatic carbocycles. The van der Waals surface area contributed by atoms with Gasteiger partial charge in [-0.05, 0) is 24.3 Å². The Hall–Kier alpha value is -2.83. The molecule has 2 aromatic rings. The molecular formula is C13H16N2O5. The van der Waals surface area contributed by atoms with Crippen molar-refractivity contribution in [3.05, 3.63) is 30.5 Å². The van der Waals surface area contributed by atoms with Crippen molar-refractivity contribution in [3.63, 3.8) is 0 Å². The number of phenolic OH excluding ortho intramolecular Hbond substituents is 1. The summed E-state index contributed by atoms with van der Waals surface area (Å²) in [6.07, 6.45) is 1.63. The molecule has 0 bridgehead atoms. The van der Waals surface area contributed by atoms with Crippen molar-refractivity contribution >= 4 is 28.5 Å². The highest BCUT2D eigenvalue weighted by Gasteiger charge is 2.01. The third-order valence-electron chi connectivity index (χ3n) is 1.78. The van der Waals surface area contributed by atoms with Gasteiger partial charge >= 0.3 is 0 Å². The Morgan fingerprint density at radius 3 is 2.05 bits per heavy atom. The number of fused-ring (bicyclic) bond motifs is 1. The minimum absolute atomic E-state index is 0.166. The molecule has 7 heteroatoms. The fourth-order valence-electron chi connectivity index (χ4n) is 1.18. The van der Waals surface area contributed by atoms with Crippen LogP contribution in [0.3, 0.4) is 0 Å². The average Bonchev–Trinajstić information content (AvgIpc) is 2.33. The van der Waals surface area contributed by atoms with Crippen LogP contribution in [0.5, 0.6) is 5.75 Å². The van der Waals surface area contributed by atoms with Gasteiger partial charge in [-0.2, -0.15) is 0 Å². The predicted octanol–water partition coefficient (Wildman–Crippen LogP) is 1.70. The van der Waals surface area contributed by atoms with Gasteiger partial charge in [0.25, 0.3) is 11.9 Å². The van der Waals surface area contributed by atoms with Crippen LogP contribution in [-0.2, 0) is 9.59 Å². The second-order valence-electron chi connectivity index (χ2n) is 3.61. The zero-order valence-corrected chi connectivity index (χ0v) is 11.1. The van der Waals surface area contributed by atoms with E-state index in [4.69, 9.17) is 25.5 Å². The monoisotopic (exact) mass is 280 g/mol. The van der Waals surface area contributed by atoms with E-state index < -0.39 is 11.9 Å². The number of carboxylic acid groups (broad SMARTS) is 2. The number of pyridine rings is 1. The second-order valence-corrected chi connectivity index (χ2v) is 3.61. The van der Waals surface area contributed by atoms with E-state index in [0.29, 0.717) is 11.2 Å². The highest BCUT2D eigenvalue weighted by molar-refractivity contribution is 5.93. The van der Waals surface area contributed by atoms with E-state index in [-0.39, 0.29) is 5.75 Å². The molecule has 2 rings (SSSR count). The van der Waals surface area contributed by atoms with Crippen LogP contribution in [0.2, 0.25) is 0 Å². The van der Waals surface area contributed by atoms with Crippen molar-refractivity contribution in [1.29, 1.82) is 0 Å². The Labute approximate surface area is 115 Å². The summed E-state index contributed by atoms with van der Waals surface area (Å²) in [7, 11) is 0. The minimum Gasteiger partial charge on any atom is -0.506 e. The van der Waals surface area contributed by atoms with Gasteiger partial charge in [0.05, 0.1) is 0 Å². The van der Waals surface area contributed by atoms with Gasteiger partial charge in [0.1, 0.15) is 11.3 Å². The maximum absolute atomic E-state index is 9.38. The smallest absolute Gasteiger partial charge is 0.300 e. The summed E-state index contributed by atoms with van der Waals surface area (Å²) in [5.74, 6) is -1.50. The molecule has 108 valence electrons. The number of aliphatic carboxylic acids is 2. The molecule has 0 saturated carbocycles. The van der Waals surface area contributed by atoms with Crippen LogP contribution in [-0.4, -0.2) is 32.2 Å². The Morgan fingerprint density at radius 2 is 1.60 bits per heavy atom. The predicted molar refractivity (Wildman–Crippen MR) is 74.4 cm³/mol. The van der Waals surface area contributed by atoms with E-state index in [1.165, 1.54) is 0 Å². The Balaban J connectivity index is 0.000000380. The van der Waals surface area contributed by atoms with Crippen molar-refractivity contribution in [2.45, 2.75) is 13.8 Å². The third kappa shape index (κ3) is 6.80. The number of anilines is 1. The largest absolute Gasteiger partial charge is 0.506 e. The fraction of sp³-hybridized carbons (Fsp3) is 0.154. The number of hydrogen-bond donors (Lipinski definition) is 4. The molecule has 0 unspecified atom stereocenters. The molecule has 0 aliphatic rings. The highest BCUT2D eigenvalue weighted by atomic mass is 16.4. The Kier molecular flexibility index (Phi) is 7.13. The first kappa shape index (κ1) is 17.2. The van der Waals surface area contributed by atoms with Gasteiger partial charge in [-0.3, -0.25) is 14.6 Å². The quantitative estimate of drug-likeness (QED) is 0.426. The molecule has 0 amide bonds. The molecule has 0 spiro atoms. The fourth-order valence-corrected chi connectivity index (χ4v) is 1.18. The summed E-state index contributed by atoms with van der Waals surface area (Å²) in [5.41, 5.74) is 6.86. The second kappa shape index (κ2) is 8.30. The number of aromatic hydroxyl groups is 1. The number of benzene rings is 1. The zero-order valence-electron chi connectivity index (χ0n) is 11.1. The molecular weight excluding hydrogens is 264 g/mol. The molecule has 1 aromatic heterocycles. The first-order valence-corrected chi connectivity index (χ1v) is 5.47. The average molecular weight is 280 g/mol. The summed E-state index contributed by atoms with van der Waals surface area (Å²) in [6, 6.07) is 6.83. The first-order valence-electron chi connectivity index (χ1n) is 5.47. The maximum Gasteiger partial charge on any atom is 0.300 e. The first-order chi connectivity index (χ1) is 9.25. The van der Waals surface area contributed by atoms with E-state index in [1.54, 1.807) is 24.4 Å². The van der Waals surface area contributed by atoms with Crippen molar-refractivity contribution in [2.75, 3.05) is 5.73 Å². The van der Waals surface area contributed by atoms with E-state index in [0.717, 1.165) is 19.2 Å². The Morgan fingerprint density at radius 1 is 1.10 bits per heavy atom. The lowest BCUT2D eigenvalue weighted by molar-refractivity contribution is -0.135. The van der Waals surface area contributed by atoms with E-state index >= 15 is 0 Å². The lowest BCUT2D eigenvalue weighted by atomic mass is 10.2. The van der Waals surface area contributed by atoms with E-state index in [9.17, 15) is 5.11 Å². The van der Waals surface area contributed by atoms with Crippen molar-refractivity contribution in [3.8, 4) is 5.75 Å². The number of carbonyl (C=O) groups is 2. The summed E-state index contributed by atoms with van der Waals surface area (Å²) in [4.78, 5) is 22.0. The van der Waals surface area contributed by atoms with Gasteiger partial charge < -0.3 is 21.1 Å². The van der Waals surface area contributed by atoms with Gasteiger partial charge in [-0.15, -0.1) is 0 Å². The maximum atomic E-state index is 9.38. The van der Waals surface area contributed by atoms with Crippen molar-refractivity contribution in [2.24, 2.45) is 0 Å². The van der Waals surface area contributed by atoms with Crippen molar-refractivity contribution in [1.82, 2.24) is 4.98 Å². The lowest BCUT2D eigenvalue weighted by Crippen LogP contribution is -1.87. The third-order valence-corrected chi connectivity index (χ3v) is 1.78. The molecule has 0 radical (unpaired) electrons. The van der Waals surface area contributed by atoms with Gasteiger partial charge in [0.15, 0.2) is 0 Å².